The summed E-state index contributed by atoms with van der Waals surface area (Å²) in [5, 5.41) is 9.40. The molecule has 0 aromatic heterocycles. The minimum Gasteiger partial charge on any atom is -0.480 e. The molecule has 0 bridgehead atoms. The van der Waals surface area contributed by atoms with Crippen molar-refractivity contribution in [3.63, 3.8) is 0 Å². The van der Waals surface area contributed by atoms with E-state index in [1.807, 2.05) is 0 Å². The van der Waals surface area contributed by atoms with Crippen molar-refractivity contribution >= 4 is 23.6 Å². The van der Waals surface area contributed by atoms with Crippen LogP contribution in [0.5, 0.6) is 0 Å². The lowest BCUT2D eigenvalue weighted by Gasteiger charge is -2.30. The summed E-state index contributed by atoms with van der Waals surface area (Å²) >= 11 is 1.64. The van der Waals surface area contributed by atoms with Crippen molar-refractivity contribution < 1.29 is 14.7 Å². The molecule has 6 heteroatoms. The van der Waals surface area contributed by atoms with E-state index in [2.05, 4.69) is 0 Å². The van der Waals surface area contributed by atoms with Gasteiger partial charge in [0.2, 0.25) is 5.91 Å². The van der Waals surface area contributed by atoms with Crippen LogP contribution in [-0.2, 0) is 9.59 Å². The number of thioether (sulfide) groups is 1. The number of carboxylic acids is 1. The van der Waals surface area contributed by atoms with Gasteiger partial charge in [0.1, 0.15) is 6.04 Å². The van der Waals surface area contributed by atoms with Crippen LogP contribution < -0.4 is 5.73 Å². The molecular weight excluding hydrogens is 264 g/mol. The zero-order chi connectivity index (χ0) is 13.6. The van der Waals surface area contributed by atoms with Crippen molar-refractivity contribution in [2.75, 3.05) is 5.75 Å². The van der Waals surface area contributed by atoms with Gasteiger partial charge in [-0.05, 0) is 38.0 Å². The molecule has 2 aliphatic carbocycles. The van der Waals surface area contributed by atoms with Gasteiger partial charge in [-0.1, -0.05) is 0 Å². The molecule has 1 saturated heterocycles. The van der Waals surface area contributed by atoms with Crippen LogP contribution in [0.15, 0.2) is 0 Å². The first-order valence-corrected chi connectivity index (χ1v) is 8.05. The average Bonchev–Trinajstić information content (AvgIpc) is 2.96. The number of hydrogen-bond donors (Lipinski definition) is 2. The van der Waals surface area contributed by atoms with Crippen LogP contribution in [-0.4, -0.2) is 45.1 Å². The van der Waals surface area contributed by atoms with Gasteiger partial charge in [0.25, 0.3) is 0 Å². The van der Waals surface area contributed by atoms with Crippen LogP contribution in [0.3, 0.4) is 0 Å². The van der Waals surface area contributed by atoms with Crippen molar-refractivity contribution in [3.8, 4) is 0 Å². The number of amides is 1. The van der Waals surface area contributed by atoms with E-state index in [1.165, 1.54) is 0 Å². The molecule has 4 atom stereocenters. The molecule has 19 heavy (non-hydrogen) atoms. The monoisotopic (exact) mass is 284 g/mol. The molecule has 4 unspecified atom stereocenters. The fourth-order valence-corrected chi connectivity index (χ4v) is 4.83. The predicted molar refractivity (Wildman–Crippen MR) is 72.6 cm³/mol. The summed E-state index contributed by atoms with van der Waals surface area (Å²) < 4.78 is 0. The minimum atomic E-state index is -0.869. The molecule has 106 valence electrons. The van der Waals surface area contributed by atoms with Gasteiger partial charge in [0.05, 0.1) is 5.37 Å². The van der Waals surface area contributed by atoms with E-state index in [1.54, 1.807) is 16.7 Å². The van der Waals surface area contributed by atoms with Gasteiger partial charge in [-0.2, -0.15) is 0 Å². The third kappa shape index (κ3) is 2.48. The Morgan fingerprint density at radius 1 is 1.21 bits per heavy atom. The van der Waals surface area contributed by atoms with Crippen molar-refractivity contribution in [2.45, 2.75) is 49.6 Å². The normalized spacial score (nSPS) is 38.7. The van der Waals surface area contributed by atoms with Crippen LogP contribution in [0, 0.1) is 11.8 Å². The summed E-state index contributed by atoms with van der Waals surface area (Å²) in [7, 11) is 0. The number of nitrogens with zero attached hydrogens (tertiary/aromatic N) is 1. The summed E-state index contributed by atoms with van der Waals surface area (Å²) in [6, 6.07) is -0.535. The molecule has 0 spiro atoms. The van der Waals surface area contributed by atoms with E-state index in [-0.39, 0.29) is 23.2 Å². The molecule has 5 nitrogen and oxygen atoms in total. The Labute approximate surface area is 116 Å². The van der Waals surface area contributed by atoms with Crippen LogP contribution in [0.4, 0.5) is 0 Å². The molecule has 0 radical (unpaired) electrons. The fraction of sp³-hybridized carbons (Fsp3) is 0.846. The maximum absolute atomic E-state index is 12.6. The molecule has 3 aliphatic rings. The number of aliphatic carboxylic acids is 1. The van der Waals surface area contributed by atoms with Crippen molar-refractivity contribution in [1.82, 2.24) is 4.90 Å². The van der Waals surface area contributed by atoms with Gasteiger partial charge in [0, 0.05) is 17.7 Å². The van der Waals surface area contributed by atoms with E-state index in [0.29, 0.717) is 18.1 Å². The maximum Gasteiger partial charge on any atom is 0.327 e. The first-order valence-electron chi connectivity index (χ1n) is 7.00. The number of hydrogen-bond acceptors (Lipinski definition) is 4. The Balaban J connectivity index is 1.77. The SMILES string of the molecule is NC1CCC(C(=O)N2C(C(=O)O)CSC2C2CC2)C1. The zero-order valence-corrected chi connectivity index (χ0v) is 11.6. The number of rotatable bonds is 3. The highest BCUT2D eigenvalue weighted by Crippen LogP contribution is 2.46. The molecule has 0 aromatic rings. The van der Waals surface area contributed by atoms with E-state index in [0.717, 1.165) is 25.7 Å². The molecule has 1 amide bonds. The first-order chi connectivity index (χ1) is 9.08. The Hall–Kier alpha value is -0.750. The highest BCUT2D eigenvalue weighted by atomic mass is 32.2. The quantitative estimate of drug-likeness (QED) is 0.803. The lowest BCUT2D eigenvalue weighted by Crippen LogP contribution is -2.48. The Bertz CT molecular complexity index is 399. The van der Waals surface area contributed by atoms with Gasteiger partial charge >= 0.3 is 5.97 Å². The summed E-state index contributed by atoms with van der Waals surface area (Å²) in [6.45, 7) is 0. The van der Waals surface area contributed by atoms with Gasteiger partial charge in [-0.3, -0.25) is 4.79 Å². The molecule has 1 aliphatic heterocycles. The van der Waals surface area contributed by atoms with Crippen LogP contribution in [0.2, 0.25) is 0 Å². The highest BCUT2D eigenvalue weighted by molar-refractivity contribution is 8.00. The van der Waals surface area contributed by atoms with Crippen molar-refractivity contribution in [1.29, 1.82) is 0 Å². The molecule has 3 N–H and O–H groups in total. The Kier molecular flexibility index (Phi) is 3.47. The molecule has 0 aromatic carbocycles. The van der Waals surface area contributed by atoms with E-state index < -0.39 is 12.0 Å². The summed E-state index contributed by atoms with van der Waals surface area (Å²) in [4.78, 5) is 25.7. The number of nitrogens with two attached hydrogens (primary N) is 1. The van der Waals surface area contributed by atoms with Gasteiger partial charge in [0.15, 0.2) is 0 Å². The smallest absolute Gasteiger partial charge is 0.327 e. The predicted octanol–water partition coefficient (Wildman–Crippen LogP) is 0.879. The third-order valence-electron chi connectivity index (χ3n) is 4.42. The Morgan fingerprint density at radius 2 is 1.95 bits per heavy atom. The molecule has 3 fully saturated rings. The number of carboxylic acid groups (broad SMARTS) is 1. The fourth-order valence-electron chi connectivity index (χ4n) is 3.19. The maximum atomic E-state index is 12.6. The molecular formula is C13H20N2O3S. The summed E-state index contributed by atoms with van der Waals surface area (Å²) in [5.74, 6) is 0.139. The van der Waals surface area contributed by atoms with Gasteiger partial charge in [-0.15, -0.1) is 11.8 Å². The third-order valence-corrected chi connectivity index (χ3v) is 5.88. The second kappa shape index (κ2) is 4.98. The van der Waals surface area contributed by atoms with Crippen LogP contribution in [0.25, 0.3) is 0 Å². The topological polar surface area (TPSA) is 83.6 Å². The van der Waals surface area contributed by atoms with E-state index in [9.17, 15) is 14.7 Å². The van der Waals surface area contributed by atoms with E-state index >= 15 is 0 Å². The second-order valence-corrected chi connectivity index (χ2v) is 7.08. The lowest BCUT2D eigenvalue weighted by atomic mass is 10.0. The lowest BCUT2D eigenvalue weighted by molar-refractivity contribution is -0.151. The number of carbonyl (C=O) groups is 2. The molecule has 2 saturated carbocycles. The number of carbonyl (C=O) groups excluding carboxylic acids is 1. The first kappa shape index (κ1) is 13.2. The Morgan fingerprint density at radius 3 is 2.47 bits per heavy atom. The molecule has 1 heterocycles. The van der Waals surface area contributed by atoms with Gasteiger partial charge in [-0.25, -0.2) is 4.79 Å². The summed E-state index contributed by atoms with van der Waals surface area (Å²) in [6.07, 6.45) is 4.65. The van der Waals surface area contributed by atoms with Crippen LogP contribution >= 0.6 is 11.8 Å². The molecule has 3 rings (SSSR count). The standard InChI is InChI=1S/C13H20N2O3S/c14-9-4-3-8(5-9)11(16)15-10(13(17)18)6-19-12(15)7-1-2-7/h7-10,12H,1-6,14H2,(H,17,18). The highest BCUT2D eigenvalue weighted by Gasteiger charge is 2.49. The summed E-state index contributed by atoms with van der Waals surface area (Å²) in [5.41, 5.74) is 5.87. The largest absolute Gasteiger partial charge is 0.480 e. The zero-order valence-electron chi connectivity index (χ0n) is 10.8. The second-order valence-electron chi connectivity index (χ2n) is 5.93. The van der Waals surface area contributed by atoms with E-state index in [4.69, 9.17) is 5.73 Å². The van der Waals surface area contributed by atoms with Crippen molar-refractivity contribution in [3.05, 3.63) is 0 Å². The minimum absolute atomic E-state index is 0.0299. The van der Waals surface area contributed by atoms with Crippen molar-refractivity contribution in [2.24, 2.45) is 17.6 Å². The van der Waals surface area contributed by atoms with Gasteiger partial charge < -0.3 is 15.7 Å². The average molecular weight is 284 g/mol. The van der Waals surface area contributed by atoms with Crippen LogP contribution in [0.1, 0.15) is 32.1 Å².